The van der Waals surface area contributed by atoms with E-state index in [0.29, 0.717) is 0 Å². The summed E-state index contributed by atoms with van der Waals surface area (Å²) in [6, 6.07) is 16.2. The molecule has 1 unspecified atom stereocenters. The van der Waals surface area contributed by atoms with Gasteiger partial charge in [0.25, 0.3) is 0 Å². The molecule has 1 atom stereocenters. The highest BCUT2D eigenvalue weighted by molar-refractivity contribution is 7.98. The van der Waals surface area contributed by atoms with Crippen LogP contribution < -0.4 is 4.74 Å². The van der Waals surface area contributed by atoms with Crippen LogP contribution in [0.25, 0.3) is 0 Å². The molecule has 1 saturated heterocycles. The molecule has 0 N–H and O–H groups in total. The number of hydrogen-bond donors (Lipinski definition) is 0. The normalized spacial score (nSPS) is 18.1. The van der Waals surface area contributed by atoms with Gasteiger partial charge in [0, 0.05) is 29.5 Å². The fourth-order valence-corrected chi connectivity index (χ4v) is 3.84. The van der Waals surface area contributed by atoms with Crippen LogP contribution in [0.15, 0.2) is 53.4 Å². The van der Waals surface area contributed by atoms with Crippen LogP contribution >= 0.6 is 11.8 Å². The van der Waals surface area contributed by atoms with Gasteiger partial charge in [-0.25, -0.2) is 0 Å². The van der Waals surface area contributed by atoms with Crippen LogP contribution in [-0.2, 0) is 6.54 Å². The molecule has 0 aliphatic carbocycles. The number of Topliss-reactive ketones (excluding diaryl/α,β-unsaturated/α-hetero) is 1. The molecule has 0 amide bonds. The summed E-state index contributed by atoms with van der Waals surface area (Å²) in [5.41, 5.74) is 2.07. The van der Waals surface area contributed by atoms with Gasteiger partial charge in [0.15, 0.2) is 5.78 Å². The zero-order valence-electron chi connectivity index (χ0n) is 14.9. The predicted octanol–water partition coefficient (Wildman–Crippen LogP) is 4.51. The van der Waals surface area contributed by atoms with Crippen LogP contribution in [0.3, 0.4) is 0 Å². The lowest BCUT2D eigenvalue weighted by Crippen LogP contribution is -2.38. The number of nitrogens with zero attached hydrogens (tertiary/aromatic N) is 1. The minimum absolute atomic E-state index is 0.0967. The van der Waals surface area contributed by atoms with Crippen molar-refractivity contribution in [2.24, 2.45) is 5.92 Å². The lowest BCUT2D eigenvalue weighted by atomic mass is 9.90. The van der Waals surface area contributed by atoms with Crippen LogP contribution in [0.5, 0.6) is 5.75 Å². The van der Waals surface area contributed by atoms with Crippen LogP contribution in [0.4, 0.5) is 0 Å². The van der Waals surface area contributed by atoms with E-state index in [1.165, 1.54) is 10.5 Å². The number of ketones is 1. The SMILES string of the molecule is COc1cccc(CN2CCCC(C(=O)c3ccc(SC)cc3)C2)c1. The molecule has 0 bridgehead atoms. The van der Waals surface area contributed by atoms with Crippen LogP contribution in [-0.4, -0.2) is 37.1 Å². The maximum atomic E-state index is 12.8. The van der Waals surface area contributed by atoms with Crippen molar-refractivity contribution in [3.63, 3.8) is 0 Å². The smallest absolute Gasteiger partial charge is 0.167 e. The standard InChI is InChI=1S/C21H25NO2S/c1-24-19-7-3-5-16(13-19)14-22-12-4-6-18(15-22)21(23)17-8-10-20(25-2)11-9-17/h3,5,7-11,13,18H,4,6,12,14-15H2,1-2H3. The highest BCUT2D eigenvalue weighted by atomic mass is 32.2. The first-order valence-electron chi connectivity index (χ1n) is 8.73. The van der Waals surface area contributed by atoms with Gasteiger partial charge < -0.3 is 4.74 Å². The van der Waals surface area contributed by atoms with E-state index >= 15 is 0 Å². The average Bonchev–Trinajstić information content (AvgIpc) is 2.68. The summed E-state index contributed by atoms with van der Waals surface area (Å²) >= 11 is 1.70. The quantitative estimate of drug-likeness (QED) is 0.563. The van der Waals surface area contributed by atoms with Crippen molar-refractivity contribution in [2.45, 2.75) is 24.3 Å². The van der Waals surface area contributed by atoms with E-state index in [9.17, 15) is 4.79 Å². The number of piperidine rings is 1. The highest BCUT2D eigenvalue weighted by Gasteiger charge is 2.26. The minimum Gasteiger partial charge on any atom is -0.497 e. The van der Waals surface area contributed by atoms with Gasteiger partial charge in [0.1, 0.15) is 5.75 Å². The molecule has 2 aromatic carbocycles. The van der Waals surface area contributed by atoms with Crippen LogP contribution in [0, 0.1) is 5.92 Å². The molecule has 0 saturated carbocycles. The molecule has 0 aromatic heterocycles. The Morgan fingerprint density at radius 2 is 2.04 bits per heavy atom. The van der Waals surface area contributed by atoms with Crippen LogP contribution in [0.2, 0.25) is 0 Å². The van der Waals surface area contributed by atoms with Crippen molar-refractivity contribution in [3.8, 4) is 5.75 Å². The molecule has 1 aliphatic rings. The van der Waals surface area contributed by atoms with Crippen LogP contribution in [0.1, 0.15) is 28.8 Å². The number of likely N-dealkylation sites (tertiary alicyclic amines) is 1. The number of hydrogen-bond acceptors (Lipinski definition) is 4. The molecule has 0 spiro atoms. The predicted molar refractivity (Wildman–Crippen MR) is 104 cm³/mol. The van der Waals surface area contributed by atoms with E-state index < -0.39 is 0 Å². The van der Waals surface area contributed by atoms with Crippen molar-refractivity contribution in [2.75, 3.05) is 26.5 Å². The Labute approximate surface area is 154 Å². The molecular weight excluding hydrogens is 330 g/mol. The number of carbonyl (C=O) groups is 1. The number of rotatable bonds is 6. The van der Waals surface area contributed by atoms with Crippen molar-refractivity contribution in [3.05, 3.63) is 59.7 Å². The maximum absolute atomic E-state index is 12.8. The second kappa shape index (κ2) is 8.54. The largest absolute Gasteiger partial charge is 0.497 e. The van der Waals surface area contributed by atoms with E-state index in [0.717, 1.165) is 43.8 Å². The number of ether oxygens (including phenoxy) is 1. The molecule has 1 fully saturated rings. The monoisotopic (exact) mass is 355 g/mol. The summed E-state index contributed by atoms with van der Waals surface area (Å²) in [5, 5.41) is 0. The van der Waals surface area contributed by atoms with E-state index in [1.807, 2.05) is 36.4 Å². The maximum Gasteiger partial charge on any atom is 0.167 e. The van der Waals surface area contributed by atoms with Gasteiger partial charge in [0.2, 0.25) is 0 Å². The van der Waals surface area contributed by atoms with Gasteiger partial charge in [-0.05, 0) is 55.5 Å². The fraction of sp³-hybridized carbons (Fsp3) is 0.381. The summed E-state index contributed by atoms with van der Waals surface area (Å²) in [7, 11) is 1.69. The summed E-state index contributed by atoms with van der Waals surface area (Å²) in [4.78, 5) is 16.4. The molecule has 0 radical (unpaired) electrons. The zero-order valence-corrected chi connectivity index (χ0v) is 15.7. The third-order valence-corrected chi connectivity index (χ3v) is 5.53. The Morgan fingerprint density at radius 3 is 2.76 bits per heavy atom. The second-order valence-corrected chi connectivity index (χ2v) is 7.40. The molecule has 1 heterocycles. The first-order chi connectivity index (χ1) is 12.2. The molecule has 25 heavy (non-hydrogen) atoms. The number of thioether (sulfide) groups is 1. The van der Waals surface area contributed by atoms with Gasteiger partial charge in [-0.15, -0.1) is 11.8 Å². The Balaban J connectivity index is 1.64. The molecule has 1 aliphatic heterocycles. The lowest BCUT2D eigenvalue weighted by Gasteiger charge is -2.32. The summed E-state index contributed by atoms with van der Waals surface area (Å²) in [6.45, 7) is 2.75. The Morgan fingerprint density at radius 1 is 1.24 bits per heavy atom. The Hall–Kier alpha value is -1.78. The highest BCUT2D eigenvalue weighted by Crippen LogP contribution is 2.24. The van der Waals surface area contributed by atoms with E-state index in [-0.39, 0.29) is 11.7 Å². The van der Waals surface area contributed by atoms with Crippen molar-refractivity contribution >= 4 is 17.5 Å². The second-order valence-electron chi connectivity index (χ2n) is 6.52. The number of methoxy groups -OCH3 is 1. The summed E-state index contributed by atoms with van der Waals surface area (Å²) < 4.78 is 5.31. The zero-order chi connectivity index (χ0) is 17.6. The molecule has 2 aromatic rings. The van der Waals surface area contributed by atoms with Gasteiger partial charge in [0.05, 0.1) is 7.11 Å². The van der Waals surface area contributed by atoms with E-state index in [1.54, 1.807) is 18.9 Å². The molecule has 132 valence electrons. The molecule has 3 rings (SSSR count). The van der Waals surface area contributed by atoms with E-state index in [4.69, 9.17) is 4.74 Å². The van der Waals surface area contributed by atoms with E-state index in [2.05, 4.69) is 23.3 Å². The third-order valence-electron chi connectivity index (χ3n) is 4.79. The number of carbonyl (C=O) groups excluding carboxylic acids is 1. The summed E-state index contributed by atoms with van der Waals surface area (Å²) in [5.74, 6) is 1.26. The van der Waals surface area contributed by atoms with Crippen molar-refractivity contribution in [1.82, 2.24) is 4.90 Å². The van der Waals surface area contributed by atoms with Gasteiger partial charge in [-0.3, -0.25) is 9.69 Å². The van der Waals surface area contributed by atoms with Crippen molar-refractivity contribution < 1.29 is 9.53 Å². The average molecular weight is 356 g/mol. The lowest BCUT2D eigenvalue weighted by molar-refractivity contribution is 0.0811. The topological polar surface area (TPSA) is 29.5 Å². The minimum atomic E-state index is 0.0967. The first kappa shape index (κ1) is 18.0. The third kappa shape index (κ3) is 4.65. The van der Waals surface area contributed by atoms with Gasteiger partial charge in [-0.2, -0.15) is 0 Å². The summed E-state index contributed by atoms with van der Waals surface area (Å²) in [6.07, 6.45) is 4.11. The van der Waals surface area contributed by atoms with Gasteiger partial charge >= 0.3 is 0 Å². The number of benzene rings is 2. The Bertz CT molecular complexity index is 714. The fourth-order valence-electron chi connectivity index (χ4n) is 3.43. The molecule has 4 heteroatoms. The van der Waals surface area contributed by atoms with Gasteiger partial charge in [-0.1, -0.05) is 24.3 Å². The first-order valence-corrected chi connectivity index (χ1v) is 9.95. The van der Waals surface area contributed by atoms with Crippen molar-refractivity contribution in [1.29, 1.82) is 0 Å². The molecular formula is C21H25NO2S. The Kier molecular flexibility index (Phi) is 6.16. The molecule has 3 nitrogen and oxygen atoms in total.